The predicted octanol–water partition coefficient (Wildman–Crippen LogP) is 3.44. The van der Waals surface area contributed by atoms with Crippen molar-refractivity contribution in [3.63, 3.8) is 0 Å². The maximum Gasteiger partial charge on any atom is 0.338 e. The average molecular weight is 366 g/mol. The molecule has 5 nitrogen and oxygen atoms in total. The number of ether oxygens (including phenoxy) is 1. The molecular weight excluding hydrogens is 340 g/mol. The highest BCUT2D eigenvalue weighted by Crippen LogP contribution is 2.61. The number of amides is 1. The predicted molar refractivity (Wildman–Crippen MR) is 99.6 cm³/mol. The summed E-state index contributed by atoms with van der Waals surface area (Å²) in [5.41, 5.74) is 1.06. The summed E-state index contributed by atoms with van der Waals surface area (Å²) in [5.74, 6) is 1.73. The molecular formula is C22H26N2O3. The second-order valence-electron chi connectivity index (χ2n) is 8.83. The van der Waals surface area contributed by atoms with Gasteiger partial charge < -0.3 is 10.1 Å². The maximum atomic E-state index is 12.4. The average Bonchev–Trinajstić information content (AvgIpc) is 2.65. The Morgan fingerprint density at radius 3 is 2.22 bits per heavy atom. The Labute approximate surface area is 160 Å². The number of nitrogens with one attached hydrogen (secondary N) is 1. The molecule has 4 aliphatic rings. The number of carbonyl (C=O) groups excluding carboxylic acids is 2. The van der Waals surface area contributed by atoms with E-state index in [1.54, 1.807) is 12.1 Å². The highest BCUT2D eigenvalue weighted by Gasteiger charge is 2.53. The molecule has 4 aliphatic carbocycles. The molecule has 4 bridgehead atoms. The van der Waals surface area contributed by atoms with Crippen LogP contribution in [-0.4, -0.2) is 24.5 Å². The maximum absolute atomic E-state index is 12.4. The first-order valence-corrected chi connectivity index (χ1v) is 9.94. The number of rotatable bonds is 5. The molecule has 5 rings (SSSR count). The summed E-state index contributed by atoms with van der Waals surface area (Å²) in [6, 6.07) is 8.32. The van der Waals surface area contributed by atoms with Crippen LogP contribution in [0, 0.1) is 34.5 Å². The summed E-state index contributed by atoms with van der Waals surface area (Å²) >= 11 is 0. The topological polar surface area (TPSA) is 79.2 Å². The summed E-state index contributed by atoms with van der Waals surface area (Å²) in [4.78, 5) is 24.4. The smallest absolute Gasteiger partial charge is 0.338 e. The van der Waals surface area contributed by atoms with Crippen LogP contribution in [-0.2, 0) is 9.53 Å². The van der Waals surface area contributed by atoms with Crippen molar-refractivity contribution in [2.24, 2.45) is 23.2 Å². The molecule has 0 saturated heterocycles. The van der Waals surface area contributed by atoms with E-state index in [1.165, 1.54) is 50.7 Å². The molecule has 0 aliphatic heterocycles. The van der Waals surface area contributed by atoms with Crippen LogP contribution in [0.1, 0.15) is 61.4 Å². The summed E-state index contributed by atoms with van der Waals surface area (Å²) in [7, 11) is 0. The van der Waals surface area contributed by atoms with Crippen LogP contribution >= 0.6 is 0 Å². The van der Waals surface area contributed by atoms with Gasteiger partial charge in [-0.2, -0.15) is 5.26 Å². The number of nitriles is 1. The van der Waals surface area contributed by atoms with E-state index in [-0.39, 0.29) is 24.0 Å². The molecule has 4 fully saturated rings. The molecule has 0 heterocycles. The van der Waals surface area contributed by atoms with Crippen LogP contribution in [0.5, 0.6) is 0 Å². The number of hydrogen-bond acceptors (Lipinski definition) is 4. The van der Waals surface area contributed by atoms with Crippen molar-refractivity contribution in [1.29, 1.82) is 5.26 Å². The van der Waals surface area contributed by atoms with Gasteiger partial charge in [-0.05, 0) is 92.9 Å². The molecule has 142 valence electrons. The van der Waals surface area contributed by atoms with Gasteiger partial charge >= 0.3 is 5.97 Å². The van der Waals surface area contributed by atoms with Gasteiger partial charge in [-0.1, -0.05) is 0 Å². The van der Waals surface area contributed by atoms with E-state index in [0.29, 0.717) is 11.1 Å². The third-order valence-electron chi connectivity index (χ3n) is 6.97. The van der Waals surface area contributed by atoms with Gasteiger partial charge in [0.2, 0.25) is 0 Å². The fourth-order valence-electron chi connectivity index (χ4n) is 6.04. The van der Waals surface area contributed by atoms with Gasteiger partial charge in [-0.3, -0.25) is 4.79 Å². The lowest BCUT2D eigenvalue weighted by Gasteiger charge is -2.59. The van der Waals surface area contributed by atoms with Crippen LogP contribution in [0.25, 0.3) is 0 Å². The second kappa shape index (κ2) is 6.99. The summed E-state index contributed by atoms with van der Waals surface area (Å²) in [6.07, 6.45) is 7.81. The van der Waals surface area contributed by atoms with Gasteiger partial charge in [0, 0.05) is 6.04 Å². The Morgan fingerprint density at radius 1 is 1.15 bits per heavy atom. The fourth-order valence-corrected chi connectivity index (χ4v) is 6.04. The van der Waals surface area contributed by atoms with Crippen LogP contribution in [0.4, 0.5) is 0 Å². The van der Waals surface area contributed by atoms with Gasteiger partial charge in [0.1, 0.15) is 0 Å². The van der Waals surface area contributed by atoms with Gasteiger partial charge in [0.15, 0.2) is 6.61 Å². The summed E-state index contributed by atoms with van der Waals surface area (Å²) in [6.45, 7) is 1.85. The zero-order valence-electron chi connectivity index (χ0n) is 15.7. The van der Waals surface area contributed by atoms with Crippen LogP contribution in [0.15, 0.2) is 24.3 Å². The molecule has 1 N–H and O–H groups in total. The Bertz CT molecular complexity index is 742. The van der Waals surface area contributed by atoms with E-state index in [9.17, 15) is 9.59 Å². The SMILES string of the molecule is C[C@@H](NC(=O)COC(=O)c1ccc(C#N)cc1)C12CC3CC(CC(C3)C1)C2. The minimum atomic E-state index is -0.544. The van der Waals surface area contributed by atoms with E-state index in [1.807, 2.05) is 6.07 Å². The molecule has 27 heavy (non-hydrogen) atoms. The summed E-state index contributed by atoms with van der Waals surface area (Å²) < 4.78 is 5.15. The number of hydrogen-bond donors (Lipinski definition) is 1. The molecule has 0 radical (unpaired) electrons. The van der Waals surface area contributed by atoms with E-state index < -0.39 is 5.97 Å². The molecule has 0 spiro atoms. The third kappa shape index (κ3) is 3.58. The highest BCUT2D eigenvalue weighted by molar-refractivity contribution is 5.91. The monoisotopic (exact) mass is 366 g/mol. The van der Waals surface area contributed by atoms with Crippen LogP contribution < -0.4 is 5.32 Å². The van der Waals surface area contributed by atoms with Crippen LogP contribution in [0.3, 0.4) is 0 Å². The number of nitrogens with zero attached hydrogens (tertiary/aromatic N) is 1. The Balaban J connectivity index is 1.30. The zero-order chi connectivity index (χ0) is 19.0. The molecule has 1 aromatic carbocycles. The minimum Gasteiger partial charge on any atom is -0.452 e. The van der Waals surface area contributed by atoms with Gasteiger partial charge in [0.05, 0.1) is 17.2 Å². The lowest BCUT2D eigenvalue weighted by molar-refractivity contribution is -0.128. The molecule has 1 amide bonds. The quantitative estimate of drug-likeness (QED) is 0.810. The molecule has 0 unspecified atom stereocenters. The van der Waals surface area contributed by atoms with E-state index in [0.717, 1.165) is 17.8 Å². The number of esters is 1. The van der Waals surface area contributed by atoms with E-state index in [4.69, 9.17) is 10.00 Å². The van der Waals surface area contributed by atoms with Crippen molar-refractivity contribution in [2.75, 3.05) is 6.61 Å². The third-order valence-corrected chi connectivity index (χ3v) is 6.97. The van der Waals surface area contributed by atoms with Crippen molar-refractivity contribution in [3.8, 4) is 6.07 Å². The van der Waals surface area contributed by atoms with Gasteiger partial charge in [0.25, 0.3) is 5.91 Å². The van der Waals surface area contributed by atoms with Gasteiger partial charge in [-0.25, -0.2) is 4.79 Å². The lowest BCUT2D eigenvalue weighted by Crippen LogP contribution is -2.56. The second-order valence-corrected chi connectivity index (χ2v) is 8.83. The van der Waals surface area contributed by atoms with Crippen molar-refractivity contribution < 1.29 is 14.3 Å². The fraction of sp³-hybridized carbons (Fsp3) is 0.591. The van der Waals surface area contributed by atoms with E-state index in [2.05, 4.69) is 12.2 Å². The van der Waals surface area contributed by atoms with Crippen LogP contribution in [0.2, 0.25) is 0 Å². The molecule has 1 atom stereocenters. The first kappa shape index (κ1) is 18.0. The van der Waals surface area contributed by atoms with Crippen molar-refractivity contribution >= 4 is 11.9 Å². The normalized spacial score (nSPS) is 31.8. The first-order valence-electron chi connectivity index (χ1n) is 9.94. The zero-order valence-corrected chi connectivity index (χ0v) is 15.7. The molecule has 1 aromatic rings. The number of benzene rings is 1. The molecule has 5 heteroatoms. The lowest BCUT2D eigenvalue weighted by atomic mass is 9.48. The summed E-state index contributed by atoms with van der Waals surface area (Å²) in [5, 5.41) is 11.9. The van der Waals surface area contributed by atoms with Gasteiger partial charge in [-0.15, -0.1) is 0 Å². The minimum absolute atomic E-state index is 0.118. The number of carbonyl (C=O) groups is 2. The van der Waals surface area contributed by atoms with Crippen molar-refractivity contribution in [3.05, 3.63) is 35.4 Å². The van der Waals surface area contributed by atoms with Crippen molar-refractivity contribution in [2.45, 2.75) is 51.5 Å². The molecule has 4 saturated carbocycles. The standard InChI is InChI=1S/C22H26N2O3/c1-14(22-9-16-6-17(10-22)8-18(7-16)11-22)24-20(25)13-27-21(26)19-4-2-15(12-23)3-5-19/h2-5,14,16-18H,6-11,13H2,1H3,(H,24,25)/t14-,16?,17?,18?,22?/m1/s1. The van der Waals surface area contributed by atoms with Crippen molar-refractivity contribution in [1.82, 2.24) is 5.32 Å². The largest absolute Gasteiger partial charge is 0.452 e. The van der Waals surface area contributed by atoms with E-state index >= 15 is 0 Å². The Kier molecular flexibility index (Phi) is 4.67. The highest BCUT2D eigenvalue weighted by atomic mass is 16.5. The first-order chi connectivity index (χ1) is 13.0. The Hall–Kier alpha value is -2.35. The Morgan fingerprint density at radius 2 is 1.70 bits per heavy atom. The molecule has 0 aromatic heterocycles.